The molecule has 1 aromatic heterocycles. The van der Waals surface area contributed by atoms with Crippen LogP contribution >= 0.6 is 23.2 Å². The van der Waals surface area contributed by atoms with Crippen LogP contribution in [-0.2, 0) is 13.5 Å². The van der Waals surface area contributed by atoms with E-state index >= 15 is 0 Å². The van der Waals surface area contributed by atoms with Crippen LogP contribution < -0.4 is 11.3 Å². The predicted octanol–water partition coefficient (Wildman–Crippen LogP) is 3.41. The highest BCUT2D eigenvalue weighted by molar-refractivity contribution is 6.36. The minimum absolute atomic E-state index is 0.131. The molecule has 0 atom stereocenters. The van der Waals surface area contributed by atoms with Gasteiger partial charge in [-0.25, -0.2) is 4.68 Å². The molecule has 0 saturated carbocycles. The maximum Gasteiger partial charge on any atom is 0.274 e. The van der Waals surface area contributed by atoms with Gasteiger partial charge in [0.05, 0.1) is 11.1 Å². The molecule has 22 heavy (non-hydrogen) atoms. The Morgan fingerprint density at radius 1 is 1.14 bits per heavy atom. The van der Waals surface area contributed by atoms with Gasteiger partial charge >= 0.3 is 0 Å². The lowest BCUT2D eigenvalue weighted by Gasteiger charge is -2.11. The largest absolute Gasteiger partial charge is 0.399 e. The lowest BCUT2D eigenvalue weighted by Crippen LogP contribution is -2.21. The van der Waals surface area contributed by atoms with Gasteiger partial charge in [-0.3, -0.25) is 4.79 Å². The van der Waals surface area contributed by atoms with E-state index in [4.69, 9.17) is 28.9 Å². The molecule has 1 heterocycles. The third-order valence-electron chi connectivity index (χ3n) is 3.54. The van der Waals surface area contributed by atoms with Crippen LogP contribution in [0.15, 0.2) is 41.2 Å². The molecule has 0 unspecified atom stereocenters. The molecule has 0 aliphatic heterocycles. The van der Waals surface area contributed by atoms with E-state index in [1.54, 1.807) is 25.2 Å². The molecular weight excluding hydrogens is 321 g/mol. The van der Waals surface area contributed by atoms with Gasteiger partial charge in [-0.2, -0.15) is 5.10 Å². The van der Waals surface area contributed by atoms with Crippen LogP contribution in [0.1, 0.15) is 11.3 Å². The van der Waals surface area contributed by atoms with Gasteiger partial charge < -0.3 is 5.73 Å². The molecule has 3 rings (SSSR count). The summed E-state index contributed by atoms with van der Waals surface area (Å²) in [5, 5.41) is 6.76. The lowest BCUT2D eigenvalue weighted by molar-refractivity contribution is 0.697. The van der Waals surface area contributed by atoms with Crippen LogP contribution in [0.4, 0.5) is 5.69 Å². The minimum Gasteiger partial charge on any atom is -0.399 e. The number of hydrogen-bond donors (Lipinski definition) is 1. The number of anilines is 1. The van der Waals surface area contributed by atoms with Gasteiger partial charge in [-0.15, -0.1) is 0 Å². The first-order valence-electron chi connectivity index (χ1n) is 6.65. The van der Waals surface area contributed by atoms with Gasteiger partial charge in [0.25, 0.3) is 5.56 Å². The Balaban J connectivity index is 2.21. The molecule has 0 amide bonds. The van der Waals surface area contributed by atoms with E-state index in [2.05, 4.69) is 5.10 Å². The van der Waals surface area contributed by atoms with E-state index in [1.807, 2.05) is 18.2 Å². The van der Waals surface area contributed by atoms with Crippen molar-refractivity contribution in [2.45, 2.75) is 6.42 Å². The molecule has 112 valence electrons. The fourth-order valence-electron chi connectivity index (χ4n) is 2.47. The summed E-state index contributed by atoms with van der Waals surface area (Å²) < 4.78 is 1.33. The summed E-state index contributed by atoms with van der Waals surface area (Å²) in [6.45, 7) is 0. The van der Waals surface area contributed by atoms with Gasteiger partial charge in [-0.05, 0) is 23.8 Å². The monoisotopic (exact) mass is 333 g/mol. The zero-order valence-electron chi connectivity index (χ0n) is 11.8. The number of aromatic nitrogens is 2. The molecule has 0 spiro atoms. The van der Waals surface area contributed by atoms with E-state index < -0.39 is 0 Å². The maximum absolute atomic E-state index is 12.1. The van der Waals surface area contributed by atoms with Gasteiger partial charge in [0.15, 0.2) is 0 Å². The van der Waals surface area contributed by atoms with Crippen LogP contribution in [0.5, 0.6) is 0 Å². The predicted molar refractivity (Wildman–Crippen MR) is 90.7 cm³/mol. The highest BCUT2D eigenvalue weighted by Gasteiger charge is 2.13. The number of nitrogens with two attached hydrogens (primary N) is 1. The molecule has 4 nitrogen and oxygen atoms in total. The van der Waals surface area contributed by atoms with Crippen LogP contribution in [0.25, 0.3) is 10.8 Å². The fraction of sp³-hybridized carbons (Fsp3) is 0.125. The van der Waals surface area contributed by atoms with Gasteiger partial charge in [-0.1, -0.05) is 41.4 Å². The Morgan fingerprint density at radius 2 is 1.73 bits per heavy atom. The van der Waals surface area contributed by atoms with E-state index in [0.717, 1.165) is 16.6 Å². The summed E-state index contributed by atoms with van der Waals surface area (Å²) in [5.74, 6) is 0. The number of nitrogen functional groups attached to an aromatic ring is 1. The lowest BCUT2D eigenvalue weighted by atomic mass is 10.0. The van der Waals surface area contributed by atoms with Crippen LogP contribution in [0.2, 0.25) is 10.0 Å². The maximum atomic E-state index is 12.1. The van der Waals surface area contributed by atoms with Crippen molar-refractivity contribution in [3.05, 3.63) is 68.1 Å². The van der Waals surface area contributed by atoms with Gasteiger partial charge in [0.2, 0.25) is 0 Å². The van der Waals surface area contributed by atoms with Gasteiger partial charge in [0, 0.05) is 34.6 Å². The average molecular weight is 334 g/mol. The van der Waals surface area contributed by atoms with E-state index in [1.165, 1.54) is 4.68 Å². The Labute approximate surface area is 137 Å². The second-order valence-electron chi connectivity index (χ2n) is 5.06. The third-order valence-corrected chi connectivity index (χ3v) is 4.22. The van der Waals surface area contributed by atoms with Crippen molar-refractivity contribution < 1.29 is 0 Å². The summed E-state index contributed by atoms with van der Waals surface area (Å²) in [4.78, 5) is 12.1. The summed E-state index contributed by atoms with van der Waals surface area (Å²) in [5.41, 5.74) is 7.59. The van der Waals surface area contributed by atoms with Crippen LogP contribution in [0, 0.1) is 0 Å². The van der Waals surface area contributed by atoms with Crippen molar-refractivity contribution in [2.75, 3.05) is 5.73 Å². The first-order chi connectivity index (χ1) is 10.5. The Morgan fingerprint density at radius 3 is 2.36 bits per heavy atom. The summed E-state index contributed by atoms with van der Waals surface area (Å²) in [7, 11) is 1.63. The molecule has 0 aliphatic rings. The van der Waals surface area contributed by atoms with Crippen molar-refractivity contribution >= 4 is 39.7 Å². The number of benzene rings is 2. The van der Waals surface area contributed by atoms with Gasteiger partial charge in [0.1, 0.15) is 0 Å². The number of rotatable bonds is 2. The minimum atomic E-state index is -0.131. The third kappa shape index (κ3) is 2.56. The molecule has 6 heteroatoms. The van der Waals surface area contributed by atoms with Crippen LogP contribution in [0.3, 0.4) is 0 Å². The highest BCUT2D eigenvalue weighted by atomic mass is 35.5. The standard InChI is InChI=1S/C16H13Cl2N3O/c1-21-16(22)11-5-3-2-4-10(11)15(20-21)8-12-13(17)6-9(19)7-14(12)18/h2-7H,8,19H2,1H3. The van der Waals surface area contributed by atoms with Crippen LogP contribution in [-0.4, -0.2) is 9.78 Å². The van der Waals surface area contributed by atoms with E-state index in [0.29, 0.717) is 27.5 Å². The molecular formula is C16H13Cl2N3O. The molecule has 0 saturated heterocycles. The van der Waals surface area contributed by atoms with E-state index in [9.17, 15) is 4.79 Å². The van der Waals surface area contributed by atoms with Crippen molar-refractivity contribution in [1.82, 2.24) is 9.78 Å². The number of halogens is 2. The first-order valence-corrected chi connectivity index (χ1v) is 7.41. The molecule has 3 aromatic rings. The molecule has 0 bridgehead atoms. The van der Waals surface area contributed by atoms with Crippen molar-refractivity contribution in [1.29, 1.82) is 0 Å². The normalized spacial score (nSPS) is 11.0. The van der Waals surface area contributed by atoms with E-state index in [-0.39, 0.29) is 5.56 Å². The topological polar surface area (TPSA) is 60.9 Å². The molecule has 0 radical (unpaired) electrons. The number of fused-ring (bicyclic) bond motifs is 1. The molecule has 2 aromatic carbocycles. The average Bonchev–Trinajstić information content (AvgIpc) is 2.47. The van der Waals surface area contributed by atoms with Crippen molar-refractivity contribution in [2.24, 2.45) is 7.05 Å². The SMILES string of the molecule is Cn1nc(Cc2c(Cl)cc(N)cc2Cl)c2ccccc2c1=O. The quantitative estimate of drug-likeness (QED) is 0.731. The Kier molecular flexibility index (Phi) is 3.81. The summed E-state index contributed by atoms with van der Waals surface area (Å²) in [6, 6.07) is 10.7. The Hall–Kier alpha value is -2.04. The van der Waals surface area contributed by atoms with Crippen molar-refractivity contribution in [3.8, 4) is 0 Å². The zero-order valence-corrected chi connectivity index (χ0v) is 13.3. The number of nitrogens with zero attached hydrogens (tertiary/aromatic N) is 2. The Bertz CT molecular complexity index is 911. The molecule has 0 aliphatic carbocycles. The number of aryl methyl sites for hydroxylation is 1. The van der Waals surface area contributed by atoms with Crippen molar-refractivity contribution in [3.63, 3.8) is 0 Å². The zero-order chi connectivity index (χ0) is 15.9. The fourth-order valence-corrected chi connectivity index (χ4v) is 3.10. The molecule has 2 N–H and O–H groups in total. The second-order valence-corrected chi connectivity index (χ2v) is 5.88. The number of hydrogen-bond acceptors (Lipinski definition) is 3. The smallest absolute Gasteiger partial charge is 0.274 e. The summed E-state index contributed by atoms with van der Waals surface area (Å²) in [6.07, 6.45) is 0.423. The molecule has 0 fully saturated rings. The highest BCUT2D eigenvalue weighted by Crippen LogP contribution is 2.30. The first kappa shape index (κ1) is 14.9. The second kappa shape index (κ2) is 5.63. The summed E-state index contributed by atoms with van der Waals surface area (Å²) >= 11 is 12.5.